The van der Waals surface area contributed by atoms with Crippen LogP contribution in [0.3, 0.4) is 0 Å². The minimum absolute atomic E-state index is 0.0273. The second kappa shape index (κ2) is 7.81. The molecule has 6 nitrogen and oxygen atoms in total. The van der Waals surface area contributed by atoms with Crippen molar-refractivity contribution in [2.45, 2.75) is 32.2 Å². The number of hydrogen-bond acceptors (Lipinski definition) is 4. The van der Waals surface area contributed by atoms with Crippen molar-refractivity contribution in [3.63, 3.8) is 0 Å². The topological polar surface area (TPSA) is 80.0 Å². The fourth-order valence-electron chi connectivity index (χ4n) is 1.29. The summed E-state index contributed by atoms with van der Waals surface area (Å²) in [4.78, 5) is 15.1. The molecule has 1 heterocycles. The maximum atomic E-state index is 11.3. The fourth-order valence-corrected chi connectivity index (χ4v) is 1.29. The quantitative estimate of drug-likeness (QED) is 0.609. The van der Waals surface area contributed by atoms with Gasteiger partial charge in [-0.15, -0.1) is 0 Å². The molecular weight excluding hydrogens is 208 g/mol. The molecule has 0 saturated heterocycles. The van der Waals surface area contributed by atoms with Crippen LogP contribution in [0.1, 0.15) is 25.7 Å². The number of unbranched alkanes of at least 4 members (excludes halogenated alkanes) is 2. The number of aliphatic hydroxyl groups is 1. The van der Waals surface area contributed by atoms with Crippen LogP contribution in [0.15, 0.2) is 12.7 Å². The van der Waals surface area contributed by atoms with Crippen molar-refractivity contribution in [1.82, 2.24) is 20.1 Å². The molecule has 0 aromatic carbocycles. The van der Waals surface area contributed by atoms with Crippen molar-refractivity contribution in [3.05, 3.63) is 12.7 Å². The number of nitrogens with zero attached hydrogens (tertiary/aromatic N) is 3. The summed E-state index contributed by atoms with van der Waals surface area (Å²) >= 11 is 0. The van der Waals surface area contributed by atoms with E-state index in [-0.39, 0.29) is 12.5 Å². The lowest BCUT2D eigenvalue weighted by Crippen LogP contribution is -2.25. The molecular formula is C10H18N4O2. The zero-order valence-electron chi connectivity index (χ0n) is 9.30. The Hall–Kier alpha value is -1.43. The van der Waals surface area contributed by atoms with Crippen LogP contribution >= 0.6 is 0 Å². The average Bonchev–Trinajstić information content (AvgIpc) is 2.79. The SMILES string of the molecule is O=C(CCn1cncn1)NCCCCCO. The van der Waals surface area contributed by atoms with Crippen molar-refractivity contribution in [1.29, 1.82) is 0 Å². The highest BCUT2D eigenvalue weighted by Gasteiger charge is 2.01. The molecule has 0 atom stereocenters. The van der Waals surface area contributed by atoms with Gasteiger partial charge in [-0.2, -0.15) is 5.10 Å². The average molecular weight is 226 g/mol. The van der Waals surface area contributed by atoms with E-state index in [0.29, 0.717) is 19.5 Å². The van der Waals surface area contributed by atoms with Gasteiger partial charge < -0.3 is 10.4 Å². The Kier molecular flexibility index (Phi) is 6.17. The maximum Gasteiger partial charge on any atom is 0.221 e. The number of hydrogen-bond donors (Lipinski definition) is 2. The van der Waals surface area contributed by atoms with Gasteiger partial charge in [0, 0.05) is 19.6 Å². The first-order valence-corrected chi connectivity index (χ1v) is 5.53. The maximum absolute atomic E-state index is 11.3. The van der Waals surface area contributed by atoms with Crippen LogP contribution in [-0.4, -0.2) is 38.9 Å². The van der Waals surface area contributed by atoms with Gasteiger partial charge >= 0.3 is 0 Å². The third-order valence-electron chi connectivity index (χ3n) is 2.19. The summed E-state index contributed by atoms with van der Waals surface area (Å²) < 4.78 is 1.63. The first-order chi connectivity index (χ1) is 7.83. The van der Waals surface area contributed by atoms with Gasteiger partial charge in [-0.05, 0) is 19.3 Å². The minimum atomic E-state index is 0.0273. The standard InChI is InChI=1S/C10H18N4O2/c15-7-3-1-2-5-12-10(16)4-6-14-9-11-8-13-14/h8-9,15H,1-7H2,(H,12,16). The van der Waals surface area contributed by atoms with Crippen LogP contribution in [0.25, 0.3) is 0 Å². The second-order valence-electron chi connectivity index (χ2n) is 3.54. The number of rotatable bonds is 8. The van der Waals surface area contributed by atoms with Gasteiger partial charge in [0.1, 0.15) is 12.7 Å². The van der Waals surface area contributed by atoms with E-state index >= 15 is 0 Å². The van der Waals surface area contributed by atoms with E-state index < -0.39 is 0 Å². The molecule has 0 unspecified atom stereocenters. The third-order valence-corrected chi connectivity index (χ3v) is 2.19. The van der Waals surface area contributed by atoms with Crippen molar-refractivity contribution in [3.8, 4) is 0 Å². The van der Waals surface area contributed by atoms with Crippen LogP contribution < -0.4 is 5.32 Å². The van der Waals surface area contributed by atoms with Crippen LogP contribution in [0.2, 0.25) is 0 Å². The fraction of sp³-hybridized carbons (Fsp3) is 0.700. The normalized spacial score (nSPS) is 10.3. The second-order valence-corrected chi connectivity index (χ2v) is 3.54. The summed E-state index contributed by atoms with van der Waals surface area (Å²) in [5.74, 6) is 0.0273. The molecule has 1 amide bonds. The first-order valence-electron chi connectivity index (χ1n) is 5.53. The Labute approximate surface area is 94.7 Å². The molecule has 0 radical (unpaired) electrons. The molecule has 0 aliphatic heterocycles. The lowest BCUT2D eigenvalue weighted by Gasteiger charge is -2.04. The third kappa shape index (κ3) is 5.45. The zero-order chi connectivity index (χ0) is 11.6. The number of aromatic nitrogens is 3. The van der Waals surface area contributed by atoms with E-state index in [0.717, 1.165) is 19.3 Å². The molecule has 2 N–H and O–H groups in total. The molecule has 1 rings (SSSR count). The minimum Gasteiger partial charge on any atom is -0.396 e. The molecule has 6 heteroatoms. The van der Waals surface area contributed by atoms with Gasteiger partial charge in [0.15, 0.2) is 0 Å². The van der Waals surface area contributed by atoms with E-state index in [1.807, 2.05) is 0 Å². The number of carbonyl (C=O) groups excluding carboxylic acids is 1. The molecule has 0 fully saturated rings. The number of nitrogens with one attached hydrogen (secondary N) is 1. The molecule has 0 saturated carbocycles. The number of amides is 1. The Morgan fingerprint density at radius 2 is 2.25 bits per heavy atom. The molecule has 0 spiro atoms. The highest BCUT2D eigenvalue weighted by Crippen LogP contribution is 1.93. The van der Waals surface area contributed by atoms with E-state index in [2.05, 4.69) is 15.4 Å². The van der Waals surface area contributed by atoms with Crippen LogP contribution in [0.5, 0.6) is 0 Å². The van der Waals surface area contributed by atoms with Gasteiger partial charge in [0.2, 0.25) is 5.91 Å². The number of carbonyl (C=O) groups is 1. The van der Waals surface area contributed by atoms with Gasteiger partial charge in [0.25, 0.3) is 0 Å². The Morgan fingerprint density at radius 1 is 1.38 bits per heavy atom. The van der Waals surface area contributed by atoms with Crippen molar-refractivity contribution < 1.29 is 9.90 Å². The van der Waals surface area contributed by atoms with Crippen molar-refractivity contribution >= 4 is 5.91 Å². The van der Waals surface area contributed by atoms with Crippen molar-refractivity contribution in [2.24, 2.45) is 0 Å². The number of aryl methyl sites for hydroxylation is 1. The summed E-state index contributed by atoms with van der Waals surface area (Å²) in [6.07, 6.45) is 6.12. The van der Waals surface area contributed by atoms with Crippen molar-refractivity contribution in [2.75, 3.05) is 13.2 Å². The predicted octanol–water partition coefficient (Wildman–Crippen LogP) is -0.0530. The molecule has 16 heavy (non-hydrogen) atoms. The van der Waals surface area contributed by atoms with E-state index in [9.17, 15) is 4.79 Å². The summed E-state index contributed by atoms with van der Waals surface area (Å²) in [6, 6.07) is 0. The Bertz CT molecular complexity index is 287. The highest BCUT2D eigenvalue weighted by molar-refractivity contribution is 5.75. The first kappa shape index (κ1) is 12.6. The molecule has 1 aromatic heterocycles. The summed E-state index contributed by atoms with van der Waals surface area (Å²) in [5.41, 5.74) is 0. The lowest BCUT2D eigenvalue weighted by atomic mass is 10.2. The molecule has 0 bridgehead atoms. The van der Waals surface area contributed by atoms with Crippen LogP contribution in [0.4, 0.5) is 0 Å². The van der Waals surface area contributed by atoms with Crippen LogP contribution in [0, 0.1) is 0 Å². The molecule has 90 valence electrons. The molecule has 0 aliphatic rings. The predicted molar refractivity (Wildman–Crippen MR) is 58.6 cm³/mol. The molecule has 0 aliphatic carbocycles. The summed E-state index contributed by atoms with van der Waals surface area (Å²) in [5, 5.41) is 15.3. The Morgan fingerprint density at radius 3 is 2.94 bits per heavy atom. The summed E-state index contributed by atoms with van der Waals surface area (Å²) in [7, 11) is 0. The Balaban J connectivity index is 1.99. The lowest BCUT2D eigenvalue weighted by molar-refractivity contribution is -0.121. The summed E-state index contributed by atoms with van der Waals surface area (Å²) in [6.45, 7) is 1.46. The largest absolute Gasteiger partial charge is 0.396 e. The van der Waals surface area contributed by atoms with Gasteiger partial charge in [-0.25, -0.2) is 4.98 Å². The monoisotopic (exact) mass is 226 g/mol. The van der Waals surface area contributed by atoms with E-state index in [1.165, 1.54) is 6.33 Å². The molecule has 1 aromatic rings. The van der Waals surface area contributed by atoms with E-state index in [4.69, 9.17) is 5.11 Å². The van der Waals surface area contributed by atoms with Gasteiger partial charge in [0.05, 0.1) is 6.54 Å². The van der Waals surface area contributed by atoms with Gasteiger partial charge in [-0.3, -0.25) is 9.48 Å². The smallest absolute Gasteiger partial charge is 0.221 e. The van der Waals surface area contributed by atoms with Gasteiger partial charge in [-0.1, -0.05) is 0 Å². The van der Waals surface area contributed by atoms with Crippen LogP contribution in [-0.2, 0) is 11.3 Å². The highest BCUT2D eigenvalue weighted by atomic mass is 16.2. The number of aliphatic hydroxyl groups excluding tert-OH is 1. The van der Waals surface area contributed by atoms with E-state index in [1.54, 1.807) is 11.0 Å². The zero-order valence-corrected chi connectivity index (χ0v) is 9.30.